The molecular weight excluding hydrogens is 360 g/mol. The van der Waals surface area contributed by atoms with Gasteiger partial charge in [0, 0.05) is 12.0 Å². The maximum atomic E-state index is 12.7. The van der Waals surface area contributed by atoms with E-state index in [0.717, 1.165) is 11.3 Å². The van der Waals surface area contributed by atoms with Gasteiger partial charge >= 0.3 is 6.09 Å². The smallest absolute Gasteiger partial charge is 0.408 e. The number of carbonyl (C=O) groups is 2. The highest BCUT2D eigenvalue weighted by Crippen LogP contribution is 2.17. The second kappa shape index (κ2) is 10.9. The Labute approximate surface area is 167 Å². The molecule has 0 unspecified atom stereocenters. The molecule has 1 aromatic carbocycles. The third-order valence-corrected chi connectivity index (χ3v) is 4.38. The van der Waals surface area contributed by atoms with Crippen LogP contribution in [-0.4, -0.2) is 48.5 Å². The van der Waals surface area contributed by atoms with Crippen LogP contribution in [-0.2, 0) is 16.0 Å². The zero-order chi connectivity index (χ0) is 21.3. The van der Waals surface area contributed by atoms with Crippen molar-refractivity contribution in [3.63, 3.8) is 0 Å². The van der Waals surface area contributed by atoms with Crippen molar-refractivity contribution in [1.29, 1.82) is 0 Å². The van der Waals surface area contributed by atoms with E-state index in [1.165, 1.54) is 0 Å². The molecule has 0 aliphatic rings. The summed E-state index contributed by atoms with van der Waals surface area (Å²) in [5, 5.41) is 15.1. The number of methoxy groups -OCH3 is 1. The molecule has 3 atom stereocenters. The Hall–Kier alpha value is -2.28. The minimum absolute atomic E-state index is 0.116. The monoisotopic (exact) mass is 394 g/mol. The molecular formula is C21H34N2O5. The largest absolute Gasteiger partial charge is 0.497 e. The number of hydrogen-bond acceptors (Lipinski definition) is 5. The molecule has 0 heterocycles. The molecule has 0 aliphatic heterocycles. The second-order valence-electron chi connectivity index (χ2n) is 7.89. The zero-order valence-corrected chi connectivity index (χ0v) is 17.7. The van der Waals surface area contributed by atoms with Gasteiger partial charge in [-0.05, 0) is 58.2 Å². The summed E-state index contributed by atoms with van der Waals surface area (Å²) in [6, 6.07) is 6.54. The highest BCUT2D eigenvalue weighted by atomic mass is 16.6. The average Bonchev–Trinajstić information content (AvgIpc) is 2.62. The molecule has 0 saturated heterocycles. The summed E-state index contributed by atoms with van der Waals surface area (Å²) in [4.78, 5) is 24.6. The first kappa shape index (κ1) is 23.8. The molecule has 7 heteroatoms. The van der Waals surface area contributed by atoms with Crippen molar-refractivity contribution in [2.75, 3.05) is 13.7 Å². The lowest BCUT2D eigenvalue weighted by atomic mass is 9.95. The van der Waals surface area contributed by atoms with Gasteiger partial charge in [-0.2, -0.15) is 0 Å². The van der Waals surface area contributed by atoms with E-state index in [1.807, 2.05) is 31.2 Å². The highest BCUT2D eigenvalue weighted by molar-refractivity contribution is 5.79. The topological polar surface area (TPSA) is 96.9 Å². The summed E-state index contributed by atoms with van der Waals surface area (Å²) in [7, 11) is 1.61. The normalized spacial score (nSPS) is 14.5. The van der Waals surface area contributed by atoms with E-state index in [1.54, 1.807) is 34.8 Å². The van der Waals surface area contributed by atoms with Gasteiger partial charge in [-0.25, -0.2) is 4.79 Å². The zero-order valence-electron chi connectivity index (χ0n) is 17.7. The van der Waals surface area contributed by atoms with Gasteiger partial charge in [0.25, 0.3) is 0 Å². The van der Waals surface area contributed by atoms with Crippen LogP contribution in [0.3, 0.4) is 0 Å². The van der Waals surface area contributed by atoms with E-state index in [2.05, 4.69) is 10.6 Å². The third-order valence-electron chi connectivity index (χ3n) is 4.38. The fourth-order valence-electron chi connectivity index (χ4n) is 2.70. The Balaban J connectivity index is 2.65. The lowest BCUT2D eigenvalue weighted by Crippen LogP contribution is -2.54. The van der Waals surface area contributed by atoms with E-state index in [0.29, 0.717) is 12.8 Å². The number of ether oxygens (including phenoxy) is 2. The molecule has 28 heavy (non-hydrogen) atoms. The van der Waals surface area contributed by atoms with Crippen LogP contribution in [0.2, 0.25) is 0 Å². The molecule has 0 bridgehead atoms. The number of aliphatic hydroxyl groups excluding tert-OH is 1. The number of aliphatic hydroxyl groups is 1. The molecule has 158 valence electrons. The number of nitrogens with one attached hydrogen (secondary N) is 2. The van der Waals surface area contributed by atoms with Crippen LogP contribution >= 0.6 is 0 Å². The Bertz CT molecular complexity index is 625. The Morgan fingerprint density at radius 3 is 2.21 bits per heavy atom. The average molecular weight is 395 g/mol. The SMILES string of the molecule is CC[C@@H](Cc1ccc(OC)cc1)C(=O)N[C@H](C)[C@@H](CO)NC(=O)OC(C)(C)C. The lowest BCUT2D eigenvalue weighted by Gasteiger charge is -2.28. The first-order chi connectivity index (χ1) is 13.1. The molecule has 0 spiro atoms. The van der Waals surface area contributed by atoms with Crippen LogP contribution in [0.25, 0.3) is 0 Å². The number of rotatable bonds is 9. The number of carbonyl (C=O) groups excluding carboxylic acids is 2. The number of alkyl carbamates (subject to hydrolysis) is 1. The van der Waals surface area contributed by atoms with E-state index in [-0.39, 0.29) is 18.4 Å². The Morgan fingerprint density at radius 1 is 1.14 bits per heavy atom. The molecule has 0 aromatic heterocycles. The van der Waals surface area contributed by atoms with Gasteiger partial charge in [-0.15, -0.1) is 0 Å². The van der Waals surface area contributed by atoms with Gasteiger partial charge in [-0.1, -0.05) is 19.1 Å². The predicted octanol–water partition coefficient (Wildman–Crippen LogP) is 2.65. The van der Waals surface area contributed by atoms with Crippen molar-refractivity contribution in [3.8, 4) is 5.75 Å². The van der Waals surface area contributed by atoms with Crippen molar-refractivity contribution < 1.29 is 24.2 Å². The number of amides is 2. The molecule has 0 fully saturated rings. The van der Waals surface area contributed by atoms with E-state index < -0.39 is 23.8 Å². The summed E-state index contributed by atoms with van der Waals surface area (Å²) in [6.45, 7) is 8.68. The maximum absolute atomic E-state index is 12.7. The van der Waals surface area contributed by atoms with E-state index in [9.17, 15) is 14.7 Å². The minimum atomic E-state index is -0.641. The minimum Gasteiger partial charge on any atom is -0.497 e. The first-order valence-electron chi connectivity index (χ1n) is 9.63. The van der Waals surface area contributed by atoms with Crippen molar-refractivity contribution in [1.82, 2.24) is 10.6 Å². The maximum Gasteiger partial charge on any atom is 0.408 e. The first-order valence-corrected chi connectivity index (χ1v) is 9.63. The quantitative estimate of drug-likeness (QED) is 0.598. The summed E-state index contributed by atoms with van der Waals surface area (Å²) in [6.07, 6.45) is 0.647. The van der Waals surface area contributed by atoms with E-state index >= 15 is 0 Å². The summed E-state index contributed by atoms with van der Waals surface area (Å²) >= 11 is 0. The van der Waals surface area contributed by atoms with Crippen LogP contribution in [0.4, 0.5) is 4.79 Å². The molecule has 0 aliphatic carbocycles. The summed E-state index contributed by atoms with van der Waals surface area (Å²) in [5.41, 5.74) is 0.406. The van der Waals surface area contributed by atoms with Gasteiger partial charge in [-0.3, -0.25) is 4.79 Å². The predicted molar refractivity (Wildman–Crippen MR) is 108 cm³/mol. The molecule has 1 rings (SSSR count). The van der Waals surface area contributed by atoms with Crippen molar-refractivity contribution >= 4 is 12.0 Å². The Morgan fingerprint density at radius 2 is 1.75 bits per heavy atom. The number of benzene rings is 1. The highest BCUT2D eigenvalue weighted by Gasteiger charge is 2.26. The van der Waals surface area contributed by atoms with Crippen molar-refractivity contribution in [2.45, 2.75) is 65.1 Å². The number of hydrogen-bond donors (Lipinski definition) is 3. The van der Waals surface area contributed by atoms with Crippen LogP contribution in [0, 0.1) is 5.92 Å². The van der Waals surface area contributed by atoms with Gasteiger partial charge in [0.2, 0.25) is 5.91 Å². The van der Waals surface area contributed by atoms with Gasteiger partial charge < -0.3 is 25.2 Å². The summed E-state index contributed by atoms with van der Waals surface area (Å²) in [5.74, 6) is 0.445. The van der Waals surface area contributed by atoms with Crippen molar-refractivity contribution in [3.05, 3.63) is 29.8 Å². The van der Waals surface area contributed by atoms with Crippen LogP contribution < -0.4 is 15.4 Å². The molecule has 7 nitrogen and oxygen atoms in total. The van der Waals surface area contributed by atoms with E-state index in [4.69, 9.17) is 9.47 Å². The van der Waals surface area contributed by atoms with Gasteiger partial charge in [0.05, 0.1) is 19.8 Å². The van der Waals surface area contributed by atoms with Crippen LogP contribution in [0.5, 0.6) is 5.75 Å². The molecule has 0 saturated carbocycles. The Kier molecular flexibility index (Phi) is 9.25. The van der Waals surface area contributed by atoms with Crippen LogP contribution in [0.1, 0.15) is 46.6 Å². The fraction of sp³-hybridized carbons (Fsp3) is 0.619. The second-order valence-corrected chi connectivity index (χ2v) is 7.89. The van der Waals surface area contributed by atoms with Gasteiger partial charge in [0.1, 0.15) is 11.4 Å². The molecule has 2 amide bonds. The third kappa shape index (κ3) is 8.17. The molecule has 3 N–H and O–H groups in total. The molecule has 0 radical (unpaired) electrons. The molecule has 1 aromatic rings. The van der Waals surface area contributed by atoms with Crippen LogP contribution in [0.15, 0.2) is 24.3 Å². The summed E-state index contributed by atoms with van der Waals surface area (Å²) < 4.78 is 10.4. The fourth-order valence-corrected chi connectivity index (χ4v) is 2.70. The van der Waals surface area contributed by atoms with Gasteiger partial charge in [0.15, 0.2) is 0 Å². The van der Waals surface area contributed by atoms with Crippen molar-refractivity contribution in [2.24, 2.45) is 5.92 Å². The lowest BCUT2D eigenvalue weighted by molar-refractivity contribution is -0.126. The standard InChI is InChI=1S/C21H34N2O5/c1-7-16(12-15-8-10-17(27-6)11-9-15)19(25)22-14(2)18(13-24)23-20(26)28-21(3,4)5/h8-11,14,16,18,24H,7,12-13H2,1-6H3,(H,22,25)(H,23,26)/t14-,16+,18-/m1/s1.